The zero-order chi connectivity index (χ0) is 18.1. The molecule has 0 aliphatic heterocycles. The maximum absolute atomic E-state index is 11.3. The van der Waals surface area contributed by atoms with Crippen molar-refractivity contribution >= 4 is 10.4 Å². The Morgan fingerprint density at radius 3 is 1.68 bits per heavy atom. The van der Waals surface area contributed by atoms with Gasteiger partial charge < -0.3 is 16.4 Å². The summed E-state index contributed by atoms with van der Waals surface area (Å²) in [4.78, 5) is 0. The minimum Gasteiger partial charge on any atom is -0.394 e. The third-order valence-corrected chi connectivity index (χ3v) is 4.72. The van der Waals surface area contributed by atoms with E-state index in [-0.39, 0.29) is 12.8 Å². The van der Waals surface area contributed by atoms with E-state index in [9.17, 15) is 8.42 Å². The first-order chi connectivity index (χ1) is 11.5. The first kappa shape index (κ1) is 27.0. The summed E-state index contributed by atoms with van der Waals surface area (Å²) >= 11 is 0. The summed E-state index contributed by atoms with van der Waals surface area (Å²) in [6.07, 6.45) is 13.2. The first-order valence-electron chi connectivity index (χ1n) is 9.34. The fraction of sp³-hybridized carbons (Fsp3) is 1.00. The molecule has 0 bridgehead atoms. The van der Waals surface area contributed by atoms with Crippen LogP contribution in [0.3, 0.4) is 0 Å². The largest absolute Gasteiger partial charge is 0.399 e. The van der Waals surface area contributed by atoms with E-state index < -0.39 is 29.7 Å². The summed E-state index contributed by atoms with van der Waals surface area (Å²) in [7, 11) is -4.07. The van der Waals surface area contributed by atoms with Crippen LogP contribution in [-0.4, -0.2) is 44.6 Å². The summed E-state index contributed by atoms with van der Waals surface area (Å²) in [5.74, 6) is 0. The number of hydrogen-bond donors (Lipinski definition) is 3. The van der Waals surface area contributed by atoms with Gasteiger partial charge in [0.15, 0.2) is 0 Å². The number of aliphatic hydroxyl groups is 2. The van der Waals surface area contributed by atoms with Crippen molar-refractivity contribution in [2.75, 3.05) is 19.8 Å². The van der Waals surface area contributed by atoms with Gasteiger partial charge in [0.25, 0.3) is 0 Å². The van der Waals surface area contributed by atoms with Gasteiger partial charge in [-0.15, -0.1) is 0 Å². The van der Waals surface area contributed by atoms with Gasteiger partial charge in [-0.2, -0.15) is 8.42 Å². The maximum atomic E-state index is 11.3. The second-order valence-electron chi connectivity index (χ2n) is 6.24. The fourth-order valence-corrected chi connectivity index (χ4v) is 3.07. The van der Waals surface area contributed by atoms with Gasteiger partial charge in [-0.05, 0) is 6.42 Å². The molecular formula is C17H39NO6S. The molecule has 0 saturated carbocycles. The highest BCUT2D eigenvalue weighted by atomic mass is 32.3. The predicted octanol–water partition coefficient (Wildman–Crippen LogP) is 3.48. The molecule has 0 aromatic rings. The quantitative estimate of drug-likeness (QED) is 0.308. The average Bonchev–Trinajstić information content (AvgIpc) is 2.57. The van der Waals surface area contributed by atoms with E-state index in [4.69, 9.17) is 10.2 Å². The van der Waals surface area contributed by atoms with Crippen LogP contribution in [0.25, 0.3) is 0 Å². The highest BCUT2D eigenvalue weighted by Crippen LogP contribution is 2.12. The Morgan fingerprint density at radius 2 is 1.24 bits per heavy atom. The van der Waals surface area contributed by atoms with E-state index in [1.54, 1.807) is 0 Å². The summed E-state index contributed by atoms with van der Waals surface area (Å²) in [6, 6.07) is 0. The van der Waals surface area contributed by atoms with Crippen molar-refractivity contribution in [1.29, 1.82) is 0 Å². The van der Waals surface area contributed by atoms with E-state index in [1.807, 2.05) is 0 Å². The van der Waals surface area contributed by atoms with Gasteiger partial charge in [-0.1, -0.05) is 77.6 Å². The third kappa shape index (κ3) is 19.9. The molecule has 0 amide bonds. The molecule has 0 aromatic carbocycles. The number of unbranched alkanes of at least 4 members (excludes halogenated alkanes) is 11. The van der Waals surface area contributed by atoms with E-state index in [0.29, 0.717) is 6.42 Å². The summed E-state index contributed by atoms with van der Waals surface area (Å²) in [6.45, 7) is 1.29. The highest BCUT2D eigenvalue weighted by molar-refractivity contribution is 7.81. The van der Waals surface area contributed by atoms with Crippen LogP contribution in [0.5, 0.6) is 0 Å². The molecule has 0 spiro atoms. The van der Waals surface area contributed by atoms with Gasteiger partial charge in [-0.3, -0.25) is 0 Å². The second-order valence-corrected chi connectivity index (χ2v) is 7.53. The lowest BCUT2D eigenvalue weighted by Gasteiger charge is -2.08. The number of rotatable bonds is 18. The molecular weight excluding hydrogens is 346 g/mol. The molecule has 154 valence electrons. The van der Waals surface area contributed by atoms with Crippen molar-refractivity contribution in [2.24, 2.45) is 0 Å². The van der Waals surface area contributed by atoms with Crippen molar-refractivity contribution in [3.05, 3.63) is 0 Å². The lowest BCUT2D eigenvalue weighted by atomic mass is 10.1. The molecule has 5 N–H and O–H groups in total. The molecule has 1 atom stereocenters. The molecule has 0 saturated heterocycles. The van der Waals surface area contributed by atoms with Gasteiger partial charge in [-0.25, -0.2) is 8.37 Å². The van der Waals surface area contributed by atoms with Crippen molar-refractivity contribution in [3.8, 4) is 0 Å². The summed E-state index contributed by atoms with van der Waals surface area (Å²) < 4.78 is 31.7. The van der Waals surface area contributed by atoms with Crippen LogP contribution in [0, 0.1) is 0 Å². The van der Waals surface area contributed by atoms with E-state index in [2.05, 4.69) is 15.3 Å². The maximum Gasteiger partial charge on any atom is 0.399 e. The Balaban J connectivity index is 0. The SMILES string of the molecule is CCCCCCCCCCCCCCOS(=O)(=O)OCC(O)CO.N. The Labute approximate surface area is 154 Å². The molecule has 0 heterocycles. The van der Waals surface area contributed by atoms with Crippen molar-refractivity contribution < 1.29 is 27.0 Å². The Bertz CT molecular complexity index is 364. The molecule has 0 aromatic heterocycles. The van der Waals surface area contributed by atoms with E-state index in [1.165, 1.54) is 57.8 Å². The standard InChI is InChI=1S/C17H36O6S.H3N/c1-2-3-4-5-6-7-8-9-10-11-12-13-14-22-24(20,21)23-16-17(19)15-18;/h17-19H,2-16H2,1H3;1H3. The van der Waals surface area contributed by atoms with Crippen LogP contribution in [0.15, 0.2) is 0 Å². The molecule has 7 nitrogen and oxygen atoms in total. The lowest BCUT2D eigenvalue weighted by Crippen LogP contribution is -2.23. The van der Waals surface area contributed by atoms with E-state index >= 15 is 0 Å². The molecule has 0 aliphatic rings. The van der Waals surface area contributed by atoms with Gasteiger partial charge in [0.05, 0.1) is 19.8 Å². The zero-order valence-electron chi connectivity index (χ0n) is 15.8. The monoisotopic (exact) mass is 385 g/mol. The fourth-order valence-electron chi connectivity index (χ4n) is 2.35. The van der Waals surface area contributed by atoms with Crippen molar-refractivity contribution in [1.82, 2.24) is 6.15 Å². The van der Waals surface area contributed by atoms with Gasteiger partial charge in [0.2, 0.25) is 0 Å². The average molecular weight is 386 g/mol. The minimum atomic E-state index is -4.07. The van der Waals surface area contributed by atoms with Gasteiger partial charge in [0, 0.05) is 0 Å². The molecule has 25 heavy (non-hydrogen) atoms. The van der Waals surface area contributed by atoms with Gasteiger partial charge in [0.1, 0.15) is 6.10 Å². The summed E-state index contributed by atoms with van der Waals surface area (Å²) in [5, 5.41) is 17.6. The molecule has 0 aliphatic carbocycles. The van der Waals surface area contributed by atoms with Crippen LogP contribution in [-0.2, 0) is 18.8 Å². The molecule has 0 fully saturated rings. The van der Waals surface area contributed by atoms with Crippen LogP contribution >= 0.6 is 0 Å². The Hall–Kier alpha value is -0.250. The lowest BCUT2D eigenvalue weighted by molar-refractivity contribution is 0.0487. The van der Waals surface area contributed by atoms with Crippen LogP contribution in [0.4, 0.5) is 0 Å². The smallest absolute Gasteiger partial charge is 0.394 e. The second kappa shape index (κ2) is 18.5. The summed E-state index contributed by atoms with van der Waals surface area (Å²) in [5.41, 5.74) is 0. The minimum absolute atomic E-state index is 0. The molecule has 0 rings (SSSR count). The van der Waals surface area contributed by atoms with Crippen molar-refractivity contribution in [3.63, 3.8) is 0 Å². The number of aliphatic hydroxyl groups excluding tert-OH is 2. The first-order valence-corrected chi connectivity index (χ1v) is 10.7. The predicted molar refractivity (Wildman–Crippen MR) is 100 cm³/mol. The highest BCUT2D eigenvalue weighted by Gasteiger charge is 2.14. The van der Waals surface area contributed by atoms with Gasteiger partial charge >= 0.3 is 10.4 Å². The normalized spacial score (nSPS) is 12.8. The van der Waals surface area contributed by atoms with Crippen LogP contribution in [0.2, 0.25) is 0 Å². The zero-order valence-corrected chi connectivity index (χ0v) is 16.6. The van der Waals surface area contributed by atoms with E-state index in [0.717, 1.165) is 12.8 Å². The molecule has 0 radical (unpaired) electrons. The number of hydrogen-bond acceptors (Lipinski definition) is 7. The third-order valence-electron chi connectivity index (χ3n) is 3.84. The van der Waals surface area contributed by atoms with Crippen molar-refractivity contribution in [2.45, 2.75) is 90.1 Å². The Morgan fingerprint density at radius 1 is 0.800 bits per heavy atom. The topological polar surface area (TPSA) is 128 Å². The van der Waals surface area contributed by atoms with Crippen LogP contribution < -0.4 is 6.15 Å². The molecule has 8 heteroatoms. The van der Waals surface area contributed by atoms with Crippen LogP contribution in [0.1, 0.15) is 84.0 Å². The molecule has 1 unspecified atom stereocenters. The Kier molecular flexibility index (Phi) is 20.0.